The quantitative estimate of drug-likeness (QED) is 0.906. The number of hydrogen-bond donors (Lipinski definition) is 1. The number of piperazine rings is 1. The van der Waals surface area contributed by atoms with Gasteiger partial charge in [0.15, 0.2) is 0 Å². The second-order valence-electron chi connectivity index (χ2n) is 5.11. The van der Waals surface area contributed by atoms with Gasteiger partial charge in [-0.25, -0.2) is 0 Å². The molecule has 4 heteroatoms. The molecule has 0 aliphatic carbocycles. The molecule has 0 radical (unpaired) electrons. The molecule has 0 bridgehead atoms. The van der Waals surface area contributed by atoms with E-state index in [1.807, 2.05) is 13.1 Å². The second kappa shape index (κ2) is 5.91. The molecule has 0 aromatic heterocycles. The van der Waals surface area contributed by atoms with Crippen molar-refractivity contribution in [2.45, 2.75) is 19.5 Å². The summed E-state index contributed by atoms with van der Waals surface area (Å²) in [6.07, 6.45) is 0. The van der Waals surface area contributed by atoms with Crippen LogP contribution >= 0.6 is 11.6 Å². The first-order valence-electron chi connectivity index (χ1n) is 6.50. The van der Waals surface area contributed by atoms with Crippen LogP contribution in [0.3, 0.4) is 0 Å². The predicted molar refractivity (Wildman–Crippen MR) is 78.5 cm³/mol. The van der Waals surface area contributed by atoms with Crippen molar-refractivity contribution in [3.63, 3.8) is 0 Å². The van der Waals surface area contributed by atoms with Crippen molar-refractivity contribution in [3.8, 4) is 0 Å². The molecule has 1 aliphatic heterocycles. The van der Waals surface area contributed by atoms with Crippen molar-refractivity contribution in [1.29, 1.82) is 0 Å². The van der Waals surface area contributed by atoms with Gasteiger partial charge in [0, 0.05) is 42.9 Å². The maximum Gasteiger partial charge on any atom is 0.0416 e. The molecule has 0 spiro atoms. The average Bonchev–Trinajstić information content (AvgIpc) is 2.31. The second-order valence-corrected chi connectivity index (χ2v) is 5.54. The Morgan fingerprint density at radius 2 is 2.17 bits per heavy atom. The fourth-order valence-electron chi connectivity index (χ4n) is 2.66. The van der Waals surface area contributed by atoms with Gasteiger partial charge < -0.3 is 15.1 Å². The highest BCUT2D eigenvalue weighted by Crippen LogP contribution is 2.27. The molecular weight excluding hydrogens is 246 g/mol. The Morgan fingerprint density at radius 3 is 2.83 bits per heavy atom. The minimum atomic E-state index is 0.542. The summed E-state index contributed by atoms with van der Waals surface area (Å²) in [6.45, 7) is 6.45. The van der Waals surface area contributed by atoms with Crippen molar-refractivity contribution >= 4 is 17.3 Å². The number of nitrogens with one attached hydrogen (secondary N) is 1. The maximum absolute atomic E-state index is 6.10. The zero-order valence-electron chi connectivity index (χ0n) is 11.4. The van der Waals surface area contributed by atoms with E-state index in [9.17, 15) is 0 Å². The third kappa shape index (κ3) is 2.97. The van der Waals surface area contributed by atoms with E-state index in [1.54, 1.807) is 0 Å². The number of anilines is 1. The van der Waals surface area contributed by atoms with Gasteiger partial charge in [0.1, 0.15) is 0 Å². The Morgan fingerprint density at radius 1 is 1.39 bits per heavy atom. The zero-order chi connectivity index (χ0) is 13.1. The van der Waals surface area contributed by atoms with Crippen LogP contribution in [0.25, 0.3) is 0 Å². The van der Waals surface area contributed by atoms with Crippen LogP contribution in [0.1, 0.15) is 12.5 Å². The molecule has 1 saturated heterocycles. The number of nitrogens with zero attached hydrogens (tertiary/aromatic N) is 2. The smallest absolute Gasteiger partial charge is 0.0416 e. The van der Waals surface area contributed by atoms with Crippen molar-refractivity contribution in [1.82, 2.24) is 10.2 Å². The summed E-state index contributed by atoms with van der Waals surface area (Å²) >= 11 is 6.10. The van der Waals surface area contributed by atoms with Gasteiger partial charge in [-0.3, -0.25) is 0 Å². The van der Waals surface area contributed by atoms with Crippen molar-refractivity contribution < 1.29 is 0 Å². The van der Waals surface area contributed by atoms with Crippen LogP contribution < -0.4 is 10.2 Å². The van der Waals surface area contributed by atoms with Crippen molar-refractivity contribution in [2.75, 3.05) is 38.6 Å². The Kier molecular flexibility index (Phi) is 4.49. The standard InChI is InChI=1S/C14H22ClN3/c1-11-10-17(3)6-7-18(11)14-5-4-13(15)8-12(14)9-16-2/h4-5,8,11,16H,6-7,9-10H2,1-3H3. The Bertz CT molecular complexity index is 408. The molecule has 18 heavy (non-hydrogen) atoms. The molecule has 1 N–H and O–H groups in total. The highest BCUT2D eigenvalue weighted by atomic mass is 35.5. The Balaban J connectivity index is 2.26. The van der Waals surface area contributed by atoms with Crippen LogP contribution in [0.2, 0.25) is 5.02 Å². The molecule has 2 rings (SSSR count). The normalized spacial score (nSPS) is 21.3. The highest BCUT2D eigenvalue weighted by Gasteiger charge is 2.23. The van der Waals surface area contributed by atoms with E-state index in [-0.39, 0.29) is 0 Å². The van der Waals surface area contributed by atoms with Gasteiger partial charge in [-0.2, -0.15) is 0 Å². The van der Waals surface area contributed by atoms with E-state index in [1.165, 1.54) is 11.3 Å². The van der Waals surface area contributed by atoms with Gasteiger partial charge in [0.2, 0.25) is 0 Å². The van der Waals surface area contributed by atoms with E-state index in [0.29, 0.717) is 6.04 Å². The first-order chi connectivity index (χ1) is 8.61. The number of hydrogen-bond acceptors (Lipinski definition) is 3. The molecule has 3 nitrogen and oxygen atoms in total. The fourth-order valence-corrected chi connectivity index (χ4v) is 2.86. The third-order valence-corrected chi connectivity index (χ3v) is 3.78. The van der Waals surface area contributed by atoms with Crippen LogP contribution in [-0.4, -0.2) is 44.7 Å². The summed E-state index contributed by atoms with van der Waals surface area (Å²) < 4.78 is 0. The Hall–Kier alpha value is -0.770. The number of benzene rings is 1. The van der Waals surface area contributed by atoms with Gasteiger partial charge in [-0.05, 0) is 44.8 Å². The minimum Gasteiger partial charge on any atom is -0.366 e. The molecule has 100 valence electrons. The number of likely N-dealkylation sites (N-methyl/N-ethyl adjacent to an activating group) is 1. The third-order valence-electron chi connectivity index (χ3n) is 3.55. The van der Waals surface area contributed by atoms with E-state index in [4.69, 9.17) is 11.6 Å². The van der Waals surface area contributed by atoms with E-state index >= 15 is 0 Å². The molecule has 0 saturated carbocycles. The first-order valence-corrected chi connectivity index (χ1v) is 6.88. The maximum atomic E-state index is 6.10. The lowest BCUT2D eigenvalue weighted by Crippen LogP contribution is -2.50. The number of rotatable bonds is 3. The van der Waals surface area contributed by atoms with Gasteiger partial charge >= 0.3 is 0 Å². The summed E-state index contributed by atoms with van der Waals surface area (Å²) in [4.78, 5) is 4.87. The molecule has 1 atom stereocenters. The predicted octanol–water partition coefficient (Wildman–Crippen LogP) is 2.20. The first kappa shape index (κ1) is 13.7. The molecule has 1 fully saturated rings. The average molecular weight is 268 g/mol. The summed E-state index contributed by atoms with van der Waals surface area (Å²) in [5, 5.41) is 4.03. The van der Waals surface area contributed by atoms with Crippen LogP contribution in [0, 0.1) is 0 Å². The molecule has 1 unspecified atom stereocenters. The van der Waals surface area contributed by atoms with Crippen molar-refractivity contribution in [2.24, 2.45) is 0 Å². The molecule has 0 amide bonds. The zero-order valence-corrected chi connectivity index (χ0v) is 12.2. The lowest BCUT2D eigenvalue weighted by molar-refractivity contribution is 0.275. The van der Waals surface area contributed by atoms with Crippen LogP contribution in [0.15, 0.2) is 18.2 Å². The highest BCUT2D eigenvalue weighted by molar-refractivity contribution is 6.30. The molecule has 1 heterocycles. The van der Waals surface area contributed by atoms with Gasteiger partial charge in [0.25, 0.3) is 0 Å². The largest absolute Gasteiger partial charge is 0.366 e. The van der Waals surface area contributed by atoms with Gasteiger partial charge in [-0.15, -0.1) is 0 Å². The van der Waals surface area contributed by atoms with Crippen LogP contribution in [0.5, 0.6) is 0 Å². The van der Waals surface area contributed by atoms with E-state index in [2.05, 4.69) is 41.2 Å². The molecule has 1 aliphatic rings. The van der Waals surface area contributed by atoms with E-state index in [0.717, 1.165) is 31.2 Å². The van der Waals surface area contributed by atoms with Crippen molar-refractivity contribution in [3.05, 3.63) is 28.8 Å². The lowest BCUT2D eigenvalue weighted by Gasteiger charge is -2.40. The fraction of sp³-hybridized carbons (Fsp3) is 0.571. The summed E-state index contributed by atoms with van der Waals surface area (Å²) in [7, 11) is 4.16. The van der Waals surface area contributed by atoms with Gasteiger partial charge in [0.05, 0.1) is 0 Å². The van der Waals surface area contributed by atoms with Crippen LogP contribution in [0.4, 0.5) is 5.69 Å². The summed E-state index contributed by atoms with van der Waals surface area (Å²) in [6, 6.07) is 6.75. The molecular formula is C14H22ClN3. The van der Waals surface area contributed by atoms with Gasteiger partial charge in [-0.1, -0.05) is 11.6 Å². The topological polar surface area (TPSA) is 18.5 Å². The summed E-state index contributed by atoms with van der Waals surface area (Å²) in [5.41, 5.74) is 2.59. The lowest BCUT2D eigenvalue weighted by atomic mass is 10.1. The number of halogens is 1. The minimum absolute atomic E-state index is 0.542. The van der Waals surface area contributed by atoms with Crippen LogP contribution in [-0.2, 0) is 6.54 Å². The molecule has 1 aromatic carbocycles. The monoisotopic (exact) mass is 267 g/mol. The SMILES string of the molecule is CNCc1cc(Cl)ccc1N1CCN(C)CC1C. The molecule has 1 aromatic rings. The summed E-state index contributed by atoms with van der Waals surface area (Å²) in [5.74, 6) is 0. The van der Waals surface area contributed by atoms with E-state index < -0.39 is 0 Å². The Labute approximate surface area is 115 Å².